The van der Waals surface area contributed by atoms with Gasteiger partial charge in [0.15, 0.2) is 12.0 Å². The summed E-state index contributed by atoms with van der Waals surface area (Å²) in [6, 6.07) is 10.0. The second kappa shape index (κ2) is 7.18. The molecule has 7 heteroatoms. The summed E-state index contributed by atoms with van der Waals surface area (Å²) in [7, 11) is 0. The SMILES string of the molecule is CCOC(=O)COc1cc(O)c2c(=O)cc(-c3ccc(O)cc3)oc2c1. The summed E-state index contributed by atoms with van der Waals surface area (Å²) in [4.78, 5) is 23.7. The quantitative estimate of drug-likeness (QED) is 0.677. The smallest absolute Gasteiger partial charge is 0.344 e. The van der Waals surface area contributed by atoms with Crippen LogP contribution < -0.4 is 10.2 Å². The number of aromatic hydroxyl groups is 2. The van der Waals surface area contributed by atoms with Crippen LogP contribution in [0.25, 0.3) is 22.3 Å². The van der Waals surface area contributed by atoms with Crippen molar-refractivity contribution < 1.29 is 28.9 Å². The van der Waals surface area contributed by atoms with Crippen molar-refractivity contribution in [2.45, 2.75) is 6.92 Å². The van der Waals surface area contributed by atoms with Crippen molar-refractivity contribution in [3.05, 3.63) is 52.7 Å². The van der Waals surface area contributed by atoms with Gasteiger partial charge in [-0.05, 0) is 31.2 Å². The van der Waals surface area contributed by atoms with Crippen molar-refractivity contribution in [3.8, 4) is 28.6 Å². The van der Waals surface area contributed by atoms with Crippen LogP contribution >= 0.6 is 0 Å². The van der Waals surface area contributed by atoms with Crippen molar-refractivity contribution in [2.75, 3.05) is 13.2 Å². The maximum absolute atomic E-state index is 12.3. The molecule has 0 radical (unpaired) electrons. The molecule has 0 fully saturated rings. The number of carbonyl (C=O) groups is 1. The monoisotopic (exact) mass is 356 g/mol. The molecule has 0 unspecified atom stereocenters. The highest BCUT2D eigenvalue weighted by molar-refractivity contribution is 5.86. The number of phenolic OH excluding ortho intramolecular Hbond substituents is 2. The van der Waals surface area contributed by atoms with Gasteiger partial charge in [-0.15, -0.1) is 0 Å². The zero-order chi connectivity index (χ0) is 18.7. The standard InChI is InChI=1S/C19H16O7/c1-2-24-18(23)10-25-13-7-14(21)19-15(22)9-16(26-17(19)8-13)11-3-5-12(20)6-4-11/h3-9,20-21H,2,10H2,1H3. The molecule has 3 rings (SSSR count). The summed E-state index contributed by atoms with van der Waals surface area (Å²) in [6.07, 6.45) is 0. The van der Waals surface area contributed by atoms with Crippen LogP contribution in [0, 0.1) is 0 Å². The van der Waals surface area contributed by atoms with Gasteiger partial charge in [0.25, 0.3) is 0 Å². The van der Waals surface area contributed by atoms with Crippen LogP contribution in [0.4, 0.5) is 0 Å². The molecule has 0 bridgehead atoms. The predicted octanol–water partition coefficient (Wildman–Crippen LogP) is 2.81. The molecule has 0 amide bonds. The van der Waals surface area contributed by atoms with Crippen molar-refractivity contribution in [3.63, 3.8) is 0 Å². The van der Waals surface area contributed by atoms with Gasteiger partial charge in [-0.2, -0.15) is 0 Å². The Morgan fingerprint density at radius 3 is 2.54 bits per heavy atom. The number of esters is 1. The van der Waals surface area contributed by atoms with Gasteiger partial charge >= 0.3 is 5.97 Å². The minimum atomic E-state index is -0.550. The van der Waals surface area contributed by atoms with E-state index in [4.69, 9.17) is 13.9 Å². The minimum absolute atomic E-state index is 0.0102. The zero-order valence-electron chi connectivity index (χ0n) is 13.9. The van der Waals surface area contributed by atoms with Gasteiger partial charge in [-0.1, -0.05) is 0 Å². The van der Waals surface area contributed by atoms with Gasteiger partial charge in [-0.3, -0.25) is 4.79 Å². The van der Waals surface area contributed by atoms with Crippen LogP contribution in [0.3, 0.4) is 0 Å². The van der Waals surface area contributed by atoms with E-state index in [-0.39, 0.29) is 47.2 Å². The number of rotatable bonds is 5. The molecular formula is C19H16O7. The van der Waals surface area contributed by atoms with E-state index >= 15 is 0 Å². The van der Waals surface area contributed by atoms with Crippen LogP contribution in [-0.2, 0) is 9.53 Å². The average molecular weight is 356 g/mol. The van der Waals surface area contributed by atoms with Crippen LogP contribution in [0.2, 0.25) is 0 Å². The fourth-order valence-corrected chi connectivity index (χ4v) is 2.44. The second-order valence-electron chi connectivity index (χ2n) is 5.43. The lowest BCUT2D eigenvalue weighted by molar-refractivity contribution is -0.145. The molecule has 2 N–H and O–H groups in total. The largest absolute Gasteiger partial charge is 0.508 e. The molecule has 0 aliphatic heterocycles. The Hall–Kier alpha value is -3.48. The van der Waals surface area contributed by atoms with Crippen molar-refractivity contribution in [2.24, 2.45) is 0 Å². The highest BCUT2D eigenvalue weighted by Crippen LogP contribution is 2.31. The molecule has 3 aromatic rings. The Balaban J connectivity index is 2.00. The maximum Gasteiger partial charge on any atom is 0.344 e. The van der Waals surface area contributed by atoms with Gasteiger partial charge in [-0.25, -0.2) is 4.79 Å². The Labute approximate surface area is 148 Å². The molecule has 0 saturated carbocycles. The first kappa shape index (κ1) is 17.3. The molecule has 0 aliphatic carbocycles. The maximum atomic E-state index is 12.3. The third kappa shape index (κ3) is 3.61. The van der Waals surface area contributed by atoms with Gasteiger partial charge in [0.2, 0.25) is 0 Å². The number of fused-ring (bicyclic) bond motifs is 1. The van der Waals surface area contributed by atoms with Crippen molar-refractivity contribution >= 4 is 16.9 Å². The average Bonchev–Trinajstić information content (AvgIpc) is 2.60. The topological polar surface area (TPSA) is 106 Å². The number of ether oxygens (including phenoxy) is 2. The lowest BCUT2D eigenvalue weighted by atomic mass is 10.1. The first-order chi connectivity index (χ1) is 12.5. The Morgan fingerprint density at radius 1 is 1.12 bits per heavy atom. The minimum Gasteiger partial charge on any atom is -0.508 e. The number of benzene rings is 2. The Kier molecular flexibility index (Phi) is 4.79. The van der Waals surface area contributed by atoms with E-state index in [2.05, 4.69) is 0 Å². The zero-order valence-corrected chi connectivity index (χ0v) is 13.9. The summed E-state index contributed by atoms with van der Waals surface area (Å²) in [5.41, 5.74) is 0.266. The molecule has 26 heavy (non-hydrogen) atoms. The lowest BCUT2D eigenvalue weighted by Crippen LogP contribution is -2.14. The first-order valence-electron chi connectivity index (χ1n) is 7.86. The summed E-state index contributed by atoms with van der Waals surface area (Å²) >= 11 is 0. The highest BCUT2D eigenvalue weighted by Gasteiger charge is 2.14. The summed E-state index contributed by atoms with van der Waals surface area (Å²) in [5.74, 6) is -0.346. The predicted molar refractivity (Wildman–Crippen MR) is 93.4 cm³/mol. The van der Waals surface area contributed by atoms with Crippen molar-refractivity contribution in [1.29, 1.82) is 0 Å². The second-order valence-corrected chi connectivity index (χ2v) is 5.43. The Bertz CT molecular complexity index is 1000. The van der Waals surface area contributed by atoms with E-state index in [1.165, 1.54) is 30.3 Å². The van der Waals surface area contributed by atoms with Crippen LogP contribution in [0.15, 0.2) is 51.7 Å². The third-order valence-electron chi connectivity index (χ3n) is 3.60. The number of hydrogen-bond acceptors (Lipinski definition) is 7. The molecular weight excluding hydrogens is 340 g/mol. The first-order valence-corrected chi connectivity index (χ1v) is 7.86. The van der Waals surface area contributed by atoms with Crippen LogP contribution in [-0.4, -0.2) is 29.4 Å². The molecule has 7 nitrogen and oxygen atoms in total. The number of phenols is 2. The van der Waals surface area contributed by atoms with E-state index < -0.39 is 11.4 Å². The van der Waals surface area contributed by atoms with Gasteiger partial charge in [0, 0.05) is 23.8 Å². The fourth-order valence-electron chi connectivity index (χ4n) is 2.44. The van der Waals surface area contributed by atoms with E-state index in [0.717, 1.165) is 0 Å². The van der Waals surface area contributed by atoms with Crippen LogP contribution in [0.5, 0.6) is 17.2 Å². The summed E-state index contributed by atoms with van der Waals surface area (Å²) < 4.78 is 15.8. The lowest BCUT2D eigenvalue weighted by Gasteiger charge is -2.09. The number of carbonyl (C=O) groups excluding carboxylic acids is 1. The molecule has 0 aliphatic rings. The molecule has 2 aromatic carbocycles. The molecule has 0 atom stereocenters. The fraction of sp³-hybridized carbons (Fsp3) is 0.158. The molecule has 0 spiro atoms. The molecule has 0 saturated heterocycles. The highest BCUT2D eigenvalue weighted by atomic mass is 16.6. The normalized spacial score (nSPS) is 10.7. The van der Waals surface area contributed by atoms with Gasteiger partial charge in [0.05, 0.1) is 6.61 Å². The summed E-state index contributed by atoms with van der Waals surface area (Å²) in [5, 5.41) is 19.5. The van der Waals surface area contributed by atoms with E-state index in [9.17, 15) is 19.8 Å². The van der Waals surface area contributed by atoms with E-state index in [0.29, 0.717) is 5.56 Å². The van der Waals surface area contributed by atoms with E-state index in [1.807, 2.05) is 0 Å². The third-order valence-corrected chi connectivity index (χ3v) is 3.60. The molecule has 1 aromatic heterocycles. The number of hydrogen-bond donors (Lipinski definition) is 2. The van der Waals surface area contributed by atoms with Gasteiger partial charge < -0.3 is 24.1 Å². The Morgan fingerprint density at radius 2 is 1.85 bits per heavy atom. The van der Waals surface area contributed by atoms with Crippen molar-refractivity contribution in [1.82, 2.24) is 0 Å². The summed E-state index contributed by atoms with van der Waals surface area (Å²) in [6.45, 7) is 1.58. The molecule has 134 valence electrons. The molecule has 1 heterocycles. The van der Waals surface area contributed by atoms with Gasteiger partial charge in [0.1, 0.15) is 34.0 Å². The van der Waals surface area contributed by atoms with Crippen LogP contribution in [0.1, 0.15) is 6.92 Å². The van der Waals surface area contributed by atoms with E-state index in [1.54, 1.807) is 19.1 Å².